The van der Waals surface area contributed by atoms with Crippen molar-refractivity contribution >= 4 is 35.8 Å². The molecule has 0 spiro atoms. The zero-order chi connectivity index (χ0) is 19.1. The van der Waals surface area contributed by atoms with Gasteiger partial charge in [-0.3, -0.25) is 9.67 Å². The molecular weight excluding hydrogens is 465 g/mol. The number of nitrogens with zero attached hydrogens (tertiary/aromatic N) is 6. The number of rotatable bonds is 6. The zero-order valence-corrected chi connectivity index (χ0v) is 19.5. The van der Waals surface area contributed by atoms with Crippen LogP contribution in [0, 0.1) is 13.8 Å². The van der Waals surface area contributed by atoms with E-state index in [4.69, 9.17) is 4.99 Å². The van der Waals surface area contributed by atoms with E-state index in [-0.39, 0.29) is 24.0 Å². The van der Waals surface area contributed by atoms with Gasteiger partial charge in [0, 0.05) is 57.7 Å². The van der Waals surface area contributed by atoms with Gasteiger partial charge < -0.3 is 15.1 Å². The van der Waals surface area contributed by atoms with Gasteiger partial charge in [-0.1, -0.05) is 6.07 Å². The summed E-state index contributed by atoms with van der Waals surface area (Å²) in [4.78, 5) is 14.0. The van der Waals surface area contributed by atoms with E-state index in [0.717, 1.165) is 69.7 Å². The Labute approximate surface area is 185 Å². The highest BCUT2D eigenvalue weighted by Gasteiger charge is 2.20. The van der Waals surface area contributed by atoms with Crippen molar-refractivity contribution in [2.24, 2.45) is 4.99 Å². The van der Waals surface area contributed by atoms with Gasteiger partial charge in [-0.2, -0.15) is 5.10 Å². The van der Waals surface area contributed by atoms with Crippen molar-refractivity contribution in [1.82, 2.24) is 25.0 Å². The number of nitrogens with one attached hydrogen (secondary N) is 1. The Kier molecular flexibility index (Phi) is 9.01. The lowest BCUT2D eigenvalue weighted by Crippen LogP contribution is -2.52. The number of pyridine rings is 1. The second-order valence-electron chi connectivity index (χ2n) is 6.90. The standard InChI is InChI=1S/C20H31N7.HI/c1-4-21-20(23-10-7-11-27-18(3)16-17(2)24-27)26-14-12-25(13-15-26)19-8-5-6-9-22-19;/h5-6,8-9,16H,4,7,10-15H2,1-3H3,(H,21,23);1H. The summed E-state index contributed by atoms with van der Waals surface area (Å²) in [6.45, 7) is 12.7. The van der Waals surface area contributed by atoms with Gasteiger partial charge in [0.1, 0.15) is 5.82 Å². The molecular formula is C20H32IN7. The van der Waals surface area contributed by atoms with Crippen LogP contribution in [0.5, 0.6) is 0 Å². The molecule has 0 unspecified atom stereocenters. The number of anilines is 1. The van der Waals surface area contributed by atoms with E-state index < -0.39 is 0 Å². The van der Waals surface area contributed by atoms with Crippen molar-refractivity contribution in [3.8, 4) is 0 Å². The molecule has 154 valence electrons. The molecule has 1 saturated heterocycles. The summed E-state index contributed by atoms with van der Waals surface area (Å²) in [5.41, 5.74) is 2.30. The molecule has 3 rings (SSSR count). The van der Waals surface area contributed by atoms with Crippen LogP contribution in [0.4, 0.5) is 5.82 Å². The Hall–Kier alpha value is -1.84. The van der Waals surface area contributed by atoms with Crippen molar-refractivity contribution in [3.63, 3.8) is 0 Å². The minimum Gasteiger partial charge on any atom is -0.357 e. The predicted octanol–water partition coefficient (Wildman–Crippen LogP) is 2.69. The topological polar surface area (TPSA) is 61.6 Å². The van der Waals surface area contributed by atoms with Crippen LogP contribution in [-0.2, 0) is 6.54 Å². The van der Waals surface area contributed by atoms with E-state index in [1.807, 2.05) is 25.3 Å². The molecule has 1 aliphatic rings. The van der Waals surface area contributed by atoms with Crippen molar-refractivity contribution in [2.45, 2.75) is 33.7 Å². The molecule has 1 aliphatic heterocycles. The highest BCUT2D eigenvalue weighted by Crippen LogP contribution is 2.12. The molecule has 0 bridgehead atoms. The van der Waals surface area contributed by atoms with Crippen LogP contribution >= 0.6 is 24.0 Å². The Morgan fingerprint density at radius 1 is 1.18 bits per heavy atom. The number of aryl methyl sites for hydroxylation is 3. The monoisotopic (exact) mass is 497 g/mol. The third-order valence-electron chi connectivity index (χ3n) is 4.78. The number of hydrogen-bond donors (Lipinski definition) is 1. The van der Waals surface area contributed by atoms with Crippen LogP contribution in [0.25, 0.3) is 0 Å². The first-order valence-electron chi connectivity index (χ1n) is 9.87. The summed E-state index contributed by atoms with van der Waals surface area (Å²) < 4.78 is 2.07. The molecule has 0 saturated carbocycles. The van der Waals surface area contributed by atoms with E-state index >= 15 is 0 Å². The highest BCUT2D eigenvalue weighted by molar-refractivity contribution is 14.0. The van der Waals surface area contributed by atoms with Crippen LogP contribution in [-0.4, -0.2) is 64.9 Å². The normalized spacial score (nSPS) is 14.8. The molecule has 0 aliphatic carbocycles. The van der Waals surface area contributed by atoms with Crippen LogP contribution in [0.3, 0.4) is 0 Å². The number of halogens is 1. The van der Waals surface area contributed by atoms with E-state index in [9.17, 15) is 0 Å². The van der Waals surface area contributed by atoms with Crippen molar-refractivity contribution < 1.29 is 0 Å². The maximum Gasteiger partial charge on any atom is 0.194 e. The van der Waals surface area contributed by atoms with Gasteiger partial charge in [0.2, 0.25) is 0 Å². The molecule has 0 radical (unpaired) electrons. The Morgan fingerprint density at radius 2 is 1.96 bits per heavy atom. The SMILES string of the molecule is CCNC(=NCCCn1nc(C)cc1C)N1CCN(c2ccccn2)CC1.I. The Bertz CT molecular complexity index is 736. The van der Waals surface area contributed by atoms with Gasteiger partial charge in [-0.05, 0) is 45.4 Å². The maximum absolute atomic E-state index is 4.84. The van der Waals surface area contributed by atoms with Crippen molar-refractivity contribution in [2.75, 3.05) is 44.2 Å². The second-order valence-corrected chi connectivity index (χ2v) is 6.90. The smallest absolute Gasteiger partial charge is 0.194 e. The predicted molar refractivity (Wildman–Crippen MR) is 126 cm³/mol. The molecule has 7 nitrogen and oxygen atoms in total. The number of aliphatic imine (C=N–C) groups is 1. The number of hydrogen-bond acceptors (Lipinski definition) is 4. The van der Waals surface area contributed by atoms with Crippen LogP contribution in [0.1, 0.15) is 24.7 Å². The van der Waals surface area contributed by atoms with Crippen LogP contribution in [0.15, 0.2) is 35.5 Å². The summed E-state index contributed by atoms with van der Waals surface area (Å²) in [7, 11) is 0. The molecule has 0 aromatic carbocycles. The lowest BCUT2D eigenvalue weighted by Gasteiger charge is -2.37. The van der Waals surface area contributed by atoms with E-state index in [1.165, 1.54) is 5.69 Å². The molecule has 2 aromatic heterocycles. The maximum atomic E-state index is 4.84. The fraction of sp³-hybridized carbons (Fsp3) is 0.550. The number of aromatic nitrogens is 3. The average Bonchev–Trinajstić information content (AvgIpc) is 3.02. The lowest BCUT2D eigenvalue weighted by atomic mass is 10.3. The minimum atomic E-state index is 0. The average molecular weight is 497 g/mol. The largest absolute Gasteiger partial charge is 0.357 e. The molecule has 1 N–H and O–H groups in total. The molecule has 0 atom stereocenters. The quantitative estimate of drug-likeness (QED) is 0.288. The third kappa shape index (κ3) is 6.08. The fourth-order valence-corrected chi connectivity index (χ4v) is 3.42. The lowest BCUT2D eigenvalue weighted by molar-refractivity contribution is 0.371. The molecule has 3 heterocycles. The van der Waals surface area contributed by atoms with Gasteiger partial charge in [-0.15, -0.1) is 24.0 Å². The third-order valence-corrected chi connectivity index (χ3v) is 4.78. The molecule has 28 heavy (non-hydrogen) atoms. The summed E-state index contributed by atoms with van der Waals surface area (Å²) in [6.07, 6.45) is 2.85. The van der Waals surface area contributed by atoms with Crippen LogP contribution in [0.2, 0.25) is 0 Å². The molecule has 2 aromatic rings. The molecule has 1 fully saturated rings. The Morgan fingerprint density at radius 3 is 2.57 bits per heavy atom. The van der Waals surface area contributed by atoms with Gasteiger partial charge in [0.05, 0.1) is 5.69 Å². The second kappa shape index (κ2) is 11.2. The first-order chi connectivity index (χ1) is 13.2. The van der Waals surface area contributed by atoms with Gasteiger partial charge in [0.25, 0.3) is 0 Å². The zero-order valence-electron chi connectivity index (χ0n) is 17.1. The summed E-state index contributed by atoms with van der Waals surface area (Å²) >= 11 is 0. The first kappa shape index (κ1) is 22.4. The summed E-state index contributed by atoms with van der Waals surface area (Å²) in [6, 6.07) is 8.20. The van der Waals surface area contributed by atoms with Gasteiger partial charge in [0.15, 0.2) is 5.96 Å². The summed E-state index contributed by atoms with van der Waals surface area (Å²) in [5.74, 6) is 2.08. The highest BCUT2D eigenvalue weighted by atomic mass is 127. The van der Waals surface area contributed by atoms with E-state index in [1.54, 1.807) is 0 Å². The van der Waals surface area contributed by atoms with E-state index in [0.29, 0.717) is 0 Å². The van der Waals surface area contributed by atoms with Crippen LogP contribution < -0.4 is 10.2 Å². The van der Waals surface area contributed by atoms with Crippen molar-refractivity contribution in [1.29, 1.82) is 0 Å². The fourth-order valence-electron chi connectivity index (χ4n) is 3.42. The van der Waals surface area contributed by atoms with Gasteiger partial charge in [-0.25, -0.2) is 4.98 Å². The molecule has 8 heteroatoms. The van der Waals surface area contributed by atoms with Crippen molar-refractivity contribution in [3.05, 3.63) is 41.9 Å². The first-order valence-corrected chi connectivity index (χ1v) is 9.87. The van der Waals surface area contributed by atoms with Gasteiger partial charge >= 0.3 is 0 Å². The minimum absolute atomic E-state index is 0. The number of guanidine groups is 1. The number of piperazine rings is 1. The van der Waals surface area contributed by atoms with E-state index in [2.05, 4.69) is 55.9 Å². The Balaban J connectivity index is 0.00000280. The molecule has 0 amide bonds. The summed E-state index contributed by atoms with van der Waals surface area (Å²) in [5, 5.41) is 7.96.